The maximum atomic E-state index is 12.5. The number of guanidine groups is 1. The number of nitrogens with two attached hydrogens (primary N) is 1. The molecule has 0 aliphatic carbocycles. The van der Waals surface area contributed by atoms with Gasteiger partial charge in [-0.1, -0.05) is 23.1 Å². The van der Waals surface area contributed by atoms with Gasteiger partial charge < -0.3 is 10.5 Å². The molecule has 1 aliphatic heterocycles. The molecule has 2 aromatic carbocycles. The van der Waals surface area contributed by atoms with Crippen LogP contribution in [-0.4, -0.2) is 46.6 Å². The number of benzene rings is 2. The minimum Gasteiger partial charge on any atom is -0.497 e. The smallest absolute Gasteiger partial charge is 0.231 e. The summed E-state index contributed by atoms with van der Waals surface area (Å²) < 4.78 is 6.45. The number of hydrogen-bond acceptors (Lipinski definition) is 5. The van der Waals surface area contributed by atoms with Gasteiger partial charge in [0, 0.05) is 11.7 Å². The van der Waals surface area contributed by atoms with Crippen LogP contribution in [0.15, 0.2) is 40.7 Å². The first-order valence-corrected chi connectivity index (χ1v) is 9.98. The fourth-order valence-electron chi connectivity index (χ4n) is 3.63. The first kappa shape index (κ1) is 19.6. The zero-order chi connectivity index (χ0) is 20.9. The summed E-state index contributed by atoms with van der Waals surface area (Å²) in [5.41, 5.74) is 9.31. The van der Waals surface area contributed by atoms with Gasteiger partial charge in [0.15, 0.2) is 5.96 Å². The summed E-state index contributed by atoms with van der Waals surface area (Å²) in [5, 5.41) is 2.85. The van der Waals surface area contributed by atoms with Crippen molar-refractivity contribution in [2.45, 2.75) is 18.9 Å². The number of methoxy groups -OCH3 is 1. The molecule has 4 rings (SSSR count). The lowest BCUT2D eigenvalue weighted by molar-refractivity contribution is -0.128. The van der Waals surface area contributed by atoms with Crippen molar-refractivity contribution < 1.29 is 9.53 Å². The fraction of sp³-hybridized carbons (Fsp3) is 0.238. The molecule has 2 heterocycles. The van der Waals surface area contributed by atoms with E-state index in [2.05, 4.69) is 11.1 Å². The Balaban J connectivity index is 1.97. The summed E-state index contributed by atoms with van der Waals surface area (Å²) >= 11 is 1.58. The molecule has 0 unspecified atom stereocenters. The van der Waals surface area contributed by atoms with Crippen molar-refractivity contribution in [3.8, 4) is 16.9 Å². The van der Waals surface area contributed by atoms with E-state index in [1.54, 1.807) is 25.5 Å². The highest BCUT2D eigenvalue weighted by Gasteiger charge is 2.36. The quantitative estimate of drug-likeness (QED) is 0.680. The number of amides is 1. The van der Waals surface area contributed by atoms with E-state index in [-0.39, 0.29) is 18.3 Å². The van der Waals surface area contributed by atoms with Crippen LogP contribution < -0.4 is 21.4 Å². The van der Waals surface area contributed by atoms with E-state index < -0.39 is 5.54 Å². The second-order valence-electron chi connectivity index (χ2n) is 7.42. The Hall–Kier alpha value is -2.73. The van der Waals surface area contributed by atoms with Crippen LogP contribution in [0.4, 0.5) is 0 Å². The number of thiophene rings is 1. The molecule has 2 N–H and O–H groups in total. The summed E-state index contributed by atoms with van der Waals surface area (Å²) in [4.78, 5) is 18.5. The third-order valence-electron chi connectivity index (χ3n) is 5.44. The molecular weight excluding hydrogens is 380 g/mol. The van der Waals surface area contributed by atoms with Gasteiger partial charge in [-0.15, -0.1) is 11.3 Å². The second kappa shape index (κ2) is 6.95. The Bertz CT molecular complexity index is 1170. The van der Waals surface area contributed by atoms with E-state index in [0.29, 0.717) is 16.7 Å². The Morgan fingerprint density at radius 1 is 1.24 bits per heavy atom. The van der Waals surface area contributed by atoms with E-state index in [0.717, 1.165) is 26.8 Å². The molecule has 1 aliphatic rings. The number of carbonyl (C=O) groups excluding carboxylic acids is 1. The Morgan fingerprint density at radius 3 is 2.69 bits per heavy atom. The number of hydrogen-bond donors (Lipinski definition) is 1. The van der Waals surface area contributed by atoms with Crippen molar-refractivity contribution in [2.75, 3.05) is 14.2 Å². The zero-order valence-electron chi connectivity index (χ0n) is 16.5. The highest BCUT2D eigenvalue weighted by molar-refractivity contribution is 7.19. The molecule has 1 amide bonds. The lowest BCUT2D eigenvalue weighted by Crippen LogP contribution is -2.47. The van der Waals surface area contributed by atoms with E-state index in [9.17, 15) is 4.79 Å². The molecule has 3 aromatic rings. The second-order valence-corrected chi connectivity index (χ2v) is 8.30. The summed E-state index contributed by atoms with van der Waals surface area (Å²) in [5.74, 6) is 0.737. The van der Waals surface area contributed by atoms with E-state index in [1.807, 2.05) is 36.6 Å². The Labute approximate surface area is 176 Å². The highest BCUT2D eigenvalue weighted by Crippen LogP contribution is 2.40. The monoisotopic (exact) mass is 399 g/mol. The molecule has 142 valence electrons. The Kier molecular flexibility index (Phi) is 4.69. The molecule has 4 radical (unpaired) electrons. The van der Waals surface area contributed by atoms with Gasteiger partial charge in [-0.2, -0.15) is 0 Å². The predicted octanol–water partition coefficient (Wildman–Crippen LogP) is 1.56. The van der Waals surface area contributed by atoms with Crippen LogP contribution in [0, 0.1) is 0 Å². The molecule has 0 bridgehead atoms. The average Bonchev–Trinajstić information content (AvgIpc) is 3.07. The van der Waals surface area contributed by atoms with Gasteiger partial charge in [-0.25, -0.2) is 4.99 Å². The number of nitrogens with zero attached hydrogens (tertiary/aromatic N) is 2. The van der Waals surface area contributed by atoms with Gasteiger partial charge in [-0.05, 0) is 52.6 Å². The number of fused-ring (bicyclic) bond motifs is 1. The zero-order valence-corrected chi connectivity index (χ0v) is 17.3. The van der Waals surface area contributed by atoms with Crippen LogP contribution in [0.5, 0.6) is 5.75 Å². The lowest BCUT2D eigenvalue weighted by Gasteiger charge is -2.34. The van der Waals surface area contributed by atoms with Crippen molar-refractivity contribution in [2.24, 2.45) is 10.7 Å². The predicted molar refractivity (Wildman–Crippen MR) is 121 cm³/mol. The molecule has 0 saturated carbocycles. The molecule has 8 heteroatoms. The third-order valence-corrected chi connectivity index (χ3v) is 6.49. The van der Waals surface area contributed by atoms with Gasteiger partial charge in [0.1, 0.15) is 21.4 Å². The normalized spacial score (nSPS) is 19.5. The van der Waals surface area contributed by atoms with Crippen molar-refractivity contribution >= 4 is 59.9 Å². The SMILES string of the molecule is [B]c1ccc(-c2cc([C@]3(C)CC(=O)N(C)C(N)=N3)cc3c([B])csc23)cc1OC. The summed E-state index contributed by atoms with van der Waals surface area (Å²) in [6.45, 7) is 1.92. The van der Waals surface area contributed by atoms with E-state index in [1.165, 1.54) is 4.90 Å². The number of carbonyl (C=O) groups is 1. The minimum absolute atomic E-state index is 0.0749. The first-order valence-electron chi connectivity index (χ1n) is 9.10. The van der Waals surface area contributed by atoms with Crippen LogP contribution in [0.2, 0.25) is 0 Å². The van der Waals surface area contributed by atoms with Gasteiger partial charge in [0.05, 0.1) is 19.1 Å². The minimum atomic E-state index is -0.775. The Morgan fingerprint density at radius 2 is 2.00 bits per heavy atom. The van der Waals surface area contributed by atoms with Gasteiger partial charge in [0.25, 0.3) is 0 Å². The molecule has 1 aromatic heterocycles. The summed E-state index contributed by atoms with van der Waals surface area (Å²) in [7, 11) is 15.5. The van der Waals surface area contributed by atoms with Crippen LogP contribution in [-0.2, 0) is 10.3 Å². The fourth-order valence-corrected chi connectivity index (χ4v) is 4.61. The van der Waals surface area contributed by atoms with Gasteiger partial charge >= 0.3 is 0 Å². The summed E-state index contributed by atoms with van der Waals surface area (Å²) in [6.07, 6.45) is 0.226. The van der Waals surface area contributed by atoms with Crippen molar-refractivity contribution in [1.29, 1.82) is 0 Å². The van der Waals surface area contributed by atoms with E-state index in [4.69, 9.17) is 26.2 Å². The first-order chi connectivity index (χ1) is 13.7. The standard InChI is InChI=1S/C21H19B2N3O2S/c1-21(9-18(27)26(2)20(24)25-21)12-7-13(19-14(8-12)16(23)10-29-19)11-4-5-15(22)17(6-11)28-3/h4-8,10H,9H2,1-3H3,(H2,24,25)/t21-/m0/s1. The topological polar surface area (TPSA) is 67.9 Å². The molecule has 0 spiro atoms. The maximum Gasteiger partial charge on any atom is 0.231 e. The van der Waals surface area contributed by atoms with Gasteiger partial charge in [-0.3, -0.25) is 9.69 Å². The molecule has 1 atom stereocenters. The largest absolute Gasteiger partial charge is 0.497 e. The molecule has 29 heavy (non-hydrogen) atoms. The molecular formula is C21H19B2N3O2S. The average molecular weight is 399 g/mol. The maximum absolute atomic E-state index is 12.5. The van der Waals surface area contributed by atoms with Crippen molar-refractivity contribution in [1.82, 2.24) is 4.90 Å². The molecule has 5 nitrogen and oxygen atoms in total. The van der Waals surface area contributed by atoms with E-state index >= 15 is 0 Å². The van der Waals surface area contributed by atoms with Crippen LogP contribution >= 0.6 is 11.3 Å². The number of aliphatic imine (C=N–C) groups is 1. The third kappa shape index (κ3) is 3.21. The van der Waals surface area contributed by atoms with Crippen LogP contribution in [0.1, 0.15) is 18.9 Å². The van der Waals surface area contributed by atoms with Crippen LogP contribution in [0.25, 0.3) is 21.2 Å². The summed E-state index contributed by atoms with van der Waals surface area (Å²) in [6, 6.07) is 9.74. The van der Waals surface area contributed by atoms with Gasteiger partial charge in [0.2, 0.25) is 5.91 Å². The molecule has 0 saturated heterocycles. The van der Waals surface area contributed by atoms with Crippen LogP contribution in [0.3, 0.4) is 0 Å². The van der Waals surface area contributed by atoms with Crippen molar-refractivity contribution in [3.63, 3.8) is 0 Å². The molecule has 0 fully saturated rings. The lowest BCUT2D eigenvalue weighted by atomic mass is 9.83. The highest BCUT2D eigenvalue weighted by atomic mass is 32.1. The van der Waals surface area contributed by atoms with Crippen molar-refractivity contribution in [3.05, 3.63) is 41.3 Å². The number of ether oxygens (including phenoxy) is 1. The number of rotatable bonds is 3.